The minimum Gasteiger partial charge on any atom is -0.481 e. The summed E-state index contributed by atoms with van der Waals surface area (Å²) in [5.41, 5.74) is 6.65. The van der Waals surface area contributed by atoms with Crippen LogP contribution in [0, 0.1) is 13.8 Å². The van der Waals surface area contributed by atoms with E-state index in [1.165, 1.54) is 17.2 Å². The van der Waals surface area contributed by atoms with E-state index in [4.69, 9.17) is 21.3 Å². The van der Waals surface area contributed by atoms with Crippen molar-refractivity contribution in [1.82, 2.24) is 34.3 Å². The van der Waals surface area contributed by atoms with Crippen LogP contribution in [0.1, 0.15) is 60.7 Å². The number of nitrogens with one attached hydrogen (secondary N) is 2. The quantitative estimate of drug-likeness (QED) is 0.233. The summed E-state index contributed by atoms with van der Waals surface area (Å²) in [6.07, 6.45) is 5.48. The third-order valence-corrected chi connectivity index (χ3v) is 11.6. The monoisotopic (exact) mass is 720 g/mol. The van der Waals surface area contributed by atoms with Crippen LogP contribution in [-0.2, 0) is 25.3 Å². The minimum absolute atomic E-state index is 0.122. The van der Waals surface area contributed by atoms with E-state index in [0.717, 1.165) is 83.3 Å². The molecule has 3 aromatic heterocycles. The lowest BCUT2D eigenvalue weighted by atomic mass is 9.88. The van der Waals surface area contributed by atoms with E-state index in [-0.39, 0.29) is 34.3 Å². The van der Waals surface area contributed by atoms with Crippen LogP contribution in [0.2, 0.25) is 5.02 Å². The van der Waals surface area contributed by atoms with E-state index in [0.29, 0.717) is 28.8 Å². The number of benzene rings is 2. The number of ether oxygens (including phenoxy) is 1. The first-order chi connectivity index (χ1) is 25.0. The number of methoxy groups -OCH3 is 1. The average Bonchev–Trinajstić information content (AvgIpc) is 3.74. The molecule has 2 fully saturated rings. The average molecular weight is 721 g/mol. The molecule has 1 spiro atoms. The Kier molecular flexibility index (Phi) is 8.41. The van der Waals surface area contributed by atoms with Crippen molar-refractivity contribution in [2.24, 2.45) is 14.1 Å². The Morgan fingerprint density at radius 1 is 0.962 bits per heavy atom. The van der Waals surface area contributed by atoms with Crippen LogP contribution in [0.3, 0.4) is 0 Å². The molecule has 2 atom stereocenters. The molecule has 2 aromatic carbocycles. The van der Waals surface area contributed by atoms with Crippen LogP contribution in [0.25, 0.3) is 33.4 Å². The van der Waals surface area contributed by atoms with Gasteiger partial charge in [0.25, 0.3) is 5.56 Å². The number of hydrogen-bond donors (Lipinski definition) is 2. The van der Waals surface area contributed by atoms with Gasteiger partial charge in [0.1, 0.15) is 17.0 Å². The van der Waals surface area contributed by atoms with E-state index < -0.39 is 11.2 Å². The summed E-state index contributed by atoms with van der Waals surface area (Å²) >= 11 is 7.14. The van der Waals surface area contributed by atoms with Crippen molar-refractivity contribution in [3.8, 4) is 28.3 Å². The van der Waals surface area contributed by atoms with Crippen molar-refractivity contribution >= 4 is 40.0 Å². The molecule has 268 valence electrons. The van der Waals surface area contributed by atoms with E-state index in [1.807, 2.05) is 30.3 Å². The number of hydrogen-bond acceptors (Lipinski definition) is 9. The van der Waals surface area contributed by atoms with Crippen molar-refractivity contribution in [2.75, 3.05) is 25.5 Å². The number of anilines is 2. The van der Waals surface area contributed by atoms with Gasteiger partial charge in [0.15, 0.2) is 5.65 Å². The summed E-state index contributed by atoms with van der Waals surface area (Å²) in [5.74, 6) is 1.48. The van der Waals surface area contributed by atoms with Crippen LogP contribution in [0.15, 0.2) is 52.1 Å². The number of pyridine rings is 1. The molecule has 0 saturated carbocycles. The van der Waals surface area contributed by atoms with Gasteiger partial charge in [-0.25, -0.2) is 19.7 Å². The predicted molar refractivity (Wildman–Crippen MR) is 201 cm³/mol. The summed E-state index contributed by atoms with van der Waals surface area (Å²) in [4.78, 5) is 54.7. The second kappa shape index (κ2) is 12.9. The van der Waals surface area contributed by atoms with Gasteiger partial charge in [0, 0.05) is 56.3 Å². The third kappa shape index (κ3) is 5.56. The second-order valence-corrected chi connectivity index (χ2v) is 14.7. The number of aromatic nitrogens is 5. The number of halogens is 1. The van der Waals surface area contributed by atoms with Crippen LogP contribution < -0.4 is 26.6 Å². The molecule has 2 aliphatic heterocycles. The highest BCUT2D eigenvalue weighted by atomic mass is 35.5. The van der Waals surface area contributed by atoms with Crippen molar-refractivity contribution < 1.29 is 9.53 Å². The summed E-state index contributed by atoms with van der Waals surface area (Å²) in [7, 11) is 4.70. The number of carbonyl (C=O) groups excluding carboxylic acids is 1. The highest BCUT2D eigenvalue weighted by Crippen LogP contribution is 2.46. The Bertz CT molecular complexity index is 2420. The van der Waals surface area contributed by atoms with Crippen molar-refractivity contribution in [1.29, 1.82) is 0 Å². The first-order valence-corrected chi connectivity index (χ1v) is 18.1. The van der Waals surface area contributed by atoms with Crippen molar-refractivity contribution in [2.45, 2.75) is 64.0 Å². The van der Waals surface area contributed by atoms with Gasteiger partial charge < -0.3 is 15.4 Å². The lowest BCUT2D eigenvalue weighted by Crippen LogP contribution is -2.53. The number of amides is 1. The van der Waals surface area contributed by atoms with Gasteiger partial charge in [-0.3, -0.25) is 23.6 Å². The number of fused-ring (bicyclic) bond motifs is 2. The molecule has 5 heterocycles. The molecular formula is C39H41ClN8O4. The molecule has 2 N–H and O–H groups in total. The Labute approximate surface area is 305 Å². The zero-order valence-electron chi connectivity index (χ0n) is 30.0. The zero-order chi connectivity index (χ0) is 36.5. The molecule has 2 saturated heterocycles. The van der Waals surface area contributed by atoms with Gasteiger partial charge in [-0.15, -0.1) is 0 Å². The topological polar surface area (TPSA) is 136 Å². The standard InChI is InChI=1S/C39H41ClN8O4/c1-21-24(26-11-7-12-27(33(26)40)43-34-32-35(42-22(2)41-34)46(3)38(51)47(4)37(32)50)9-6-10-25(21)28-19-23-14-15-29(31(23)36(44-28)52-5)48-18-17-39(20-48)16-8-13-30(49)45-39/h6-7,9-12,19,29H,8,13-18,20H2,1-5H3,(H,45,49)(H,41,42,43)/t29-,39-/m0/s1. The van der Waals surface area contributed by atoms with Crippen molar-refractivity contribution in [3.63, 3.8) is 0 Å². The molecule has 3 aliphatic rings. The molecule has 0 unspecified atom stereocenters. The lowest BCUT2D eigenvalue weighted by Gasteiger charge is -2.35. The number of likely N-dealkylation sites (tertiary alicyclic amines) is 1. The van der Waals surface area contributed by atoms with Crippen LogP contribution in [0.5, 0.6) is 5.88 Å². The Morgan fingerprint density at radius 2 is 1.73 bits per heavy atom. The lowest BCUT2D eigenvalue weighted by molar-refractivity contribution is -0.125. The second-order valence-electron chi connectivity index (χ2n) is 14.3. The zero-order valence-corrected chi connectivity index (χ0v) is 30.7. The molecule has 0 bridgehead atoms. The molecule has 52 heavy (non-hydrogen) atoms. The number of piperidine rings is 1. The molecular weight excluding hydrogens is 680 g/mol. The van der Waals surface area contributed by atoms with Crippen molar-refractivity contribution in [3.05, 3.63) is 90.8 Å². The van der Waals surface area contributed by atoms with E-state index >= 15 is 0 Å². The van der Waals surface area contributed by atoms with Crippen LogP contribution >= 0.6 is 11.6 Å². The summed E-state index contributed by atoms with van der Waals surface area (Å²) in [6, 6.07) is 14.2. The minimum atomic E-state index is -0.498. The normalized spacial score (nSPS) is 20.0. The first-order valence-electron chi connectivity index (χ1n) is 17.7. The number of rotatable bonds is 6. The van der Waals surface area contributed by atoms with Gasteiger partial charge in [-0.1, -0.05) is 41.9 Å². The fourth-order valence-electron chi connectivity index (χ4n) is 8.55. The van der Waals surface area contributed by atoms with E-state index in [2.05, 4.69) is 44.6 Å². The summed E-state index contributed by atoms with van der Waals surface area (Å²) in [5, 5.41) is 7.24. The smallest absolute Gasteiger partial charge is 0.332 e. The number of nitrogens with zero attached hydrogens (tertiary/aromatic N) is 6. The largest absolute Gasteiger partial charge is 0.481 e. The molecule has 13 heteroatoms. The Hall–Kier alpha value is -5.07. The van der Waals surface area contributed by atoms with Crippen LogP contribution in [0.4, 0.5) is 11.5 Å². The maximum Gasteiger partial charge on any atom is 0.332 e. The number of carbonyl (C=O) groups is 1. The van der Waals surface area contributed by atoms with Gasteiger partial charge >= 0.3 is 5.69 Å². The Morgan fingerprint density at radius 3 is 2.52 bits per heavy atom. The molecule has 12 nitrogen and oxygen atoms in total. The summed E-state index contributed by atoms with van der Waals surface area (Å²) < 4.78 is 8.37. The van der Waals surface area contributed by atoms with E-state index in [1.54, 1.807) is 21.1 Å². The third-order valence-electron chi connectivity index (χ3n) is 11.2. The molecule has 1 aliphatic carbocycles. The fraction of sp³-hybridized carbons (Fsp3) is 0.385. The van der Waals surface area contributed by atoms with Gasteiger partial charge in [-0.2, -0.15) is 0 Å². The molecule has 5 aromatic rings. The van der Waals surface area contributed by atoms with E-state index in [9.17, 15) is 14.4 Å². The Balaban J connectivity index is 1.13. The summed E-state index contributed by atoms with van der Waals surface area (Å²) in [6.45, 7) is 5.57. The SMILES string of the molecule is COc1nc(-c2cccc(-c3cccc(Nc4nc(C)nc5c4c(=O)n(C)c(=O)n5C)c3Cl)c2C)cc2c1[C@@H](N1CC[C@@]3(CCCC(=O)N3)C1)CC2. The highest BCUT2D eigenvalue weighted by Gasteiger charge is 2.45. The molecule has 0 radical (unpaired) electrons. The first kappa shape index (κ1) is 34.0. The van der Waals surface area contributed by atoms with Gasteiger partial charge in [0.2, 0.25) is 11.8 Å². The molecule has 1 amide bonds. The predicted octanol–water partition coefficient (Wildman–Crippen LogP) is 5.51. The molecule has 8 rings (SSSR count). The van der Waals surface area contributed by atoms with Gasteiger partial charge in [0.05, 0.1) is 29.1 Å². The maximum absolute atomic E-state index is 13.3. The number of aryl methyl sites for hydroxylation is 3. The fourth-order valence-corrected chi connectivity index (χ4v) is 8.83. The van der Waals surface area contributed by atoms with Gasteiger partial charge in [-0.05, 0) is 74.8 Å². The van der Waals surface area contributed by atoms with Crippen LogP contribution in [-0.4, -0.2) is 60.6 Å². The maximum atomic E-state index is 13.3. The highest BCUT2D eigenvalue weighted by molar-refractivity contribution is 6.36.